The molecule has 0 radical (unpaired) electrons. The van der Waals surface area contributed by atoms with E-state index in [1.165, 1.54) is 73.5 Å². The summed E-state index contributed by atoms with van der Waals surface area (Å²) >= 11 is 0. The lowest BCUT2D eigenvalue weighted by Crippen LogP contribution is -2.70. The molecule has 5 aromatic carbocycles. The molecule has 0 unspecified atom stereocenters. The molecule has 1 saturated heterocycles. The number of carbonyl (C=O) groups excluding carboxylic acids is 4. The van der Waals surface area contributed by atoms with E-state index < -0.39 is 64.7 Å². The van der Waals surface area contributed by atoms with Crippen LogP contribution >= 0.6 is 6.89 Å². The van der Waals surface area contributed by atoms with E-state index in [-0.39, 0.29) is 30.0 Å². The van der Waals surface area contributed by atoms with Gasteiger partial charge in [-0.1, -0.05) is 104 Å². The van der Waals surface area contributed by atoms with Gasteiger partial charge in [-0.15, -0.1) is 0 Å². The zero-order chi connectivity index (χ0) is 44.4. The van der Waals surface area contributed by atoms with Crippen LogP contribution < -0.4 is 15.9 Å². The number of likely N-dealkylation sites (tertiary alicyclic amines) is 1. The van der Waals surface area contributed by atoms with E-state index in [1.807, 2.05) is 91.0 Å². The predicted octanol–water partition coefficient (Wildman–Crippen LogP) is 6.60. The van der Waals surface area contributed by atoms with Gasteiger partial charge in [0.25, 0.3) is 11.4 Å². The molecule has 0 N–H and O–H groups in total. The third kappa shape index (κ3) is 9.48. The summed E-state index contributed by atoms with van der Waals surface area (Å²) in [5, 5.41) is 24.6. The van der Waals surface area contributed by atoms with Gasteiger partial charge in [0.15, 0.2) is 0 Å². The van der Waals surface area contributed by atoms with E-state index in [9.17, 15) is 29.8 Å². The Morgan fingerprint density at radius 2 is 1.13 bits per heavy atom. The number of nitro benzene ring substituents is 2. The van der Waals surface area contributed by atoms with E-state index in [1.54, 1.807) is 13.0 Å². The monoisotopic (exact) mass is 859 g/mol. The molecule has 16 heteroatoms. The van der Waals surface area contributed by atoms with E-state index in [0.717, 1.165) is 0 Å². The number of nitro groups is 2. The van der Waals surface area contributed by atoms with Crippen molar-refractivity contribution in [3.8, 4) is 0 Å². The molecular formula is C46H42N3O12P. The summed E-state index contributed by atoms with van der Waals surface area (Å²) in [7, 11) is 1.22. The van der Waals surface area contributed by atoms with Crippen LogP contribution in [0.1, 0.15) is 25.0 Å². The van der Waals surface area contributed by atoms with Crippen LogP contribution in [0.3, 0.4) is 0 Å². The van der Waals surface area contributed by atoms with Gasteiger partial charge >= 0.3 is 18.1 Å². The number of rotatable bonds is 16. The highest BCUT2D eigenvalue weighted by molar-refractivity contribution is 7.96. The van der Waals surface area contributed by atoms with Crippen molar-refractivity contribution in [3.05, 3.63) is 183 Å². The smallest absolute Gasteiger partial charge is 0.466 e. The molecule has 62 heavy (non-hydrogen) atoms. The molecule has 1 amide bonds. The molecule has 318 valence electrons. The highest BCUT2D eigenvalue weighted by Crippen LogP contribution is 2.50. The summed E-state index contributed by atoms with van der Waals surface area (Å²) in [5.74, 6) is -3.80. The Kier molecular flexibility index (Phi) is 14.1. The van der Waals surface area contributed by atoms with Crippen LogP contribution in [0.5, 0.6) is 0 Å². The van der Waals surface area contributed by atoms with Crippen molar-refractivity contribution < 1.29 is 48.0 Å². The van der Waals surface area contributed by atoms with Gasteiger partial charge < -0.3 is 23.8 Å². The average Bonchev–Trinajstić information content (AvgIpc) is 3.29. The number of hydrogen-bond donors (Lipinski definition) is 0. The Morgan fingerprint density at radius 1 is 0.694 bits per heavy atom. The average molecular weight is 860 g/mol. The van der Waals surface area contributed by atoms with Crippen molar-refractivity contribution in [1.82, 2.24) is 4.90 Å². The number of methoxy groups -OCH3 is 1. The van der Waals surface area contributed by atoms with Crippen molar-refractivity contribution in [2.24, 2.45) is 11.8 Å². The van der Waals surface area contributed by atoms with Gasteiger partial charge in [-0.3, -0.25) is 25.0 Å². The summed E-state index contributed by atoms with van der Waals surface area (Å²) in [6.07, 6.45) is 0.533. The molecule has 1 heterocycles. The molecule has 1 aliphatic rings. The highest BCUT2D eigenvalue weighted by Gasteiger charge is 2.57. The quantitative estimate of drug-likeness (QED) is 0.0196. The predicted molar refractivity (Wildman–Crippen MR) is 231 cm³/mol. The van der Waals surface area contributed by atoms with Crippen LogP contribution in [0.4, 0.5) is 16.2 Å². The Labute approximate surface area is 356 Å². The Morgan fingerprint density at radius 3 is 1.55 bits per heavy atom. The zero-order valence-corrected chi connectivity index (χ0v) is 34.7. The molecule has 1 fully saturated rings. The maximum Gasteiger partial charge on any atom is 0.508 e. The van der Waals surface area contributed by atoms with Crippen molar-refractivity contribution in [2.75, 3.05) is 7.11 Å². The van der Waals surface area contributed by atoms with Crippen molar-refractivity contribution in [1.29, 1.82) is 0 Å². The Balaban J connectivity index is 1.50. The molecule has 6 rings (SSSR count). The summed E-state index contributed by atoms with van der Waals surface area (Å²) in [5.41, 5.74) is 0.652. The highest BCUT2D eigenvalue weighted by atomic mass is 31.2. The number of non-ortho nitro benzene ring substituents is 2. The second-order valence-electron chi connectivity index (χ2n) is 14.3. The molecule has 5 aromatic rings. The summed E-state index contributed by atoms with van der Waals surface area (Å²) in [6, 6.07) is 38.0. The normalized spacial score (nSPS) is 15.7. The molecule has 0 saturated carbocycles. The first kappa shape index (κ1) is 44.2. The molecule has 0 aliphatic carbocycles. The summed E-state index contributed by atoms with van der Waals surface area (Å²) in [6.45, 7) is -0.704. The van der Waals surface area contributed by atoms with Crippen LogP contribution in [0.15, 0.2) is 152 Å². The molecule has 4 atom stereocenters. The van der Waals surface area contributed by atoms with Gasteiger partial charge in [0.1, 0.15) is 24.7 Å². The lowest BCUT2D eigenvalue weighted by molar-refractivity contribution is -0.385. The van der Waals surface area contributed by atoms with Crippen molar-refractivity contribution >= 4 is 63.6 Å². The lowest BCUT2D eigenvalue weighted by Gasteiger charge is -2.53. The zero-order valence-electron chi connectivity index (χ0n) is 33.8. The van der Waals surface area contributed by atoms with Crippen LogP contribution in [0, 0.1) is 32.1 Å². The number of ether oxygens (including phenoxy) is 4. The second-order valence-corrected chi connectivity index (χ2v) is 17.6. The molecule has 0 bridgehead atoms. The van der Waals surface area contributed by atoms with E-state index >= 15 is 9.59 Å². The number of β-lactam (4-membered cyclic amide) rings is 1. The first-order chi connectivity index (χ1) is 29.9. The fourth-order valence-corrected chi connectivity index (χ4v) is 11.8. The fraction of sp³-hybridized carbons (Fsp3) is 0.196. The molecular weight excluding hydrogens is 817 g/mol. The minimum Gasteiger partial charge on any atom is -0.466 e. The largest absolute Gasteiger partial charge is 0.508 e. The molecule has 1 aliphatic heterocycles. The van der Waals surface area contributed by atoms with E-state index in [0.29, 0.717) is 27.0 Å². The fourth-order valence-electron chi connectivity index (χ4n) is 7.44. The van der Waals surface area contributed by atoms with Gasteiger partial charge in [0, 0.05) is 37.2 Å². The van der Waals surface area contributed by atoms with Gasteiger partial charge in [0.05, 0.1) is 28.9 Å². The number of hydrogen-bond acceptors (Lipinski definition) is 12. The maximum absolute atomic E-state index is 15.3. The Bertz CT molecular complexity index is 2410. The number of carbonyl (C=O) groups is 4. The lowest BCUT2D eigenvalue weighted by atomic mass is 9.76. The van der Waals surface area contributed by atoms with Crippen molar-refractivity contribution in [2.45, 2.75) is 39.2 Å². The number of nitrogens with zero attached hydrogens (tertiary/aromatic N) is 3. The van der Waals surface area contributed by atoms with Crippen LogP contribution in [-0.4, -0.2) is 63.4 Å². The SMILES string of the molecule is COC(=O)/C=C/[C@@H](C)[C@@H]1[C@@H]([C@@H](C)OC(=O)OCc2ccc([N+](=O)[O-])cc2)C(=O)N1C(C(=O)OCc1ccc([N+](=O)[O-])cc1)=P(c1ccccc1)(c1ccccc1)c1ccccc1. The molecule has 0 aromatic heterocycles. The van der Waals surface area contributed by atoms with Gasteiger partial charge in [-0.2, -0.15) is 0 Å². The van der Waals surface area contributed by atoms with Gasteiger partial charge in [-0.05, 0) is 64.1 Å². The van der Waals surface area contributed by atoms with Crippen LogP contribution in [0.25, 0.3) is 0 Å². The van der Waals surface area contributed by atoms with Crippen LogP contribution in [-0.2, 0) is 46.5 Å². The Hall–Kier alpha value is -7.38. The van der Waals surface area contributed by atoms with E-state index in [4.69, 9.17) is 18.9 Å². The topological polar surface area (TPSA) is 195 Å². The minimum atomic E-state index is -3.41. The first-order valence-electron chi connectivity index (χ1n) is 19.4. The summed E-state index contributed by atoms with van der Waals surface area (Å²) in [4.78, 5) is 78.7. The van der Waals surface area contributed by atoms with Gasteiger partial charge in [-0.25, -0.2) is 14.4 Å². The second kappa shape index (κ2) is 19.8. The van der Waals surface area contributed by atoms with Crippen LogP contribution in [0.2, 0.25) is 0 Å². The van der Waals surface area contributed by atoms with E-state index in [2.05, 4.69) is 0 Å². The minimum absolute atomic E-state index is 0.0144. The van der Waals surface area contributed by atoms with Crippen molar-refractivity contribution in [3.63, 3.8) is 0 Å². The first-order valence-corrected chi connectivity index (χ1v) is 21.2. The molecule has 0 spiro atoms. The number of benzene rings is 5. The molecule has 15 nitrogen and oxygen atoms in total. The third-order valence-corrected chi connectivity index (χ3v) is 14.7. The maximum atomic E-state index is 15.3. The third-order valence-electron chi connectivity index (χ3n) is 10.4. The summed E-state index contributed by atoms with van der Waals surface area (Å²) < 4.78 is 22.0. The standard InChI is InChI=1S/C46H42N3O12P/c1-31(19-28-40(50)58-3)42-41(32(2)61-46(53)60-30-34-22-26-36(27-23-34)49(56)57)43(51)47(42)44(45(52)59-29-33-20-24-35(25-21-33)48(54)55)62(37-13-7-4-8-14-37,38-15-9-5-10-16-38)39-17-11-6-12-18-39/h4-28,31-32,41-42H,29-30H2,1-3H3/b28-19+/t31-,32-,41-,42-/m1/s1. The number of amides is 1. The number of esters is 2. The van der Waals surface area contributed by atoms with Gasteiger partial charge in [0.2, 0.25) is 5.91 Å².